The van der Waals surface area contributed by atoms with Gasteiger partial charge in [-0.25, -0.2) is 9.07 Å². The summed E-state index contributed by atoms with van der Waals surface area (Å²) in [5.41, 5.74) is 2.94. The molecule has 0 amide bonds. The Hall–Kier alpha value is -2.47. The molecule has 9 atom stereocenters. The fourth-order valence-corrected chi connectivity index (χ4v) is 11.2. The second-order valence-corrected chi connectivity index (χ2v) is 16.1. The number of allylic oxidation sites excluding steroid dienone is 1. The third-order valence-corrected chi connectivity index (χ3v) is 13.6. The molecule has 3 heterocycles. The molecule has 2 saturated heterocycles. The van der Waals surface area contributed by atoms with Crippen LogP contribution in [0.15, 0.2) is 30.0 Å². The van der Waals surface area contributed by atoms with E-state index in [4.69, 9.17) is 14.6 Å². The zero-order valence-electron chi connectivity index (χ0n) is 28.8. The number of aliphatic hydroxyl groups excluding tert-OH is 2. The predicted octanol–water partition coefficient (Wildman–Crippen LogP) is 4.36. The van der Waals surface area contributed by atoms with Gasteiger partial charge in [-0.2, -0.15) is 5.10 Å². The molecule has 1 aromatic carbocycles. The molecule has 3 saturated carbocycles. The van der Waals surface area contributed by atoms with E-state index in [1.54, 1.807) is 6.07 Å². The van der Waals surface area contributed by atoms with Crippen LogP contribution in [-0.2, 0) is 27.2 Å². The molecule has 48 heavy (non-hydrogen) atoms. The van der Waals surface area contributed by atoms with Crippen LogP contribution in [0.2, 0.25) is 0 Å². The van der Waals surface area contributed by atoms with Gasteiger partial charge in [-0.1, -0.05) is 32.8 Å². The Balaban J connectivity index is 1.08. The van der Waals surface area contributed by atoms with E-state index in [9.17, 15) is 15.0 Å². The van der Waals surface area contributed by atoms with Crippen molar-refractivity contribution in [1.82, 2.24) is 19.6 Å². The van der Waals surface area contributed by atoms with Gasteiger partial charge in [-0.3, -0.25) is 9.69 Å². The summed E-state index contributed by atoms with van der Waals surface area (Å²) < 4.78 is 30.0. The lowest BCUT2D eigenvalue weighted by atomic mass is 9.45. The molecule has 9 nitrogen and oxygen atoms in total. The van der Waals surface area contributed by atoms with Crippen LogP contribution in [0.3, 0.4) is 0 Å². The molecular weight excluding hydrogens is 611 g/mol. The van der Waals surface area contributed by atoms with Crippen LogP contribution < -0.4 is 0 Å². The van der Waals surface area contributed by atoms with E-state index >= 15 is 4.39 Å². The van der Waals surface area contributed by atoms with Gasteiger partial charge in [-0.05, 0) is 98.6 Å². The maximum absolute atomic E-state index is 15.0. The minimum Gasteiger partial charge on any atom is -0.393 e. The summed E-state index contributed by atoms with van der Waals surface area (Å²) in [6.45, 7) is 10.3. The number of aliphatic hydroxyl groups is 2. The standard InChI is InChI=1S/C38H51FN4O5/c1-5-6-34-47-33-17-28-27-9-7-25-16-30-24(18-36(25,2)35(27)31(45)19-37(28,3)38(33,48-34)32(46)22-44)20-40-43(30)26-8-10-29(39)23(15-26)21-42-13-11-41(4)12-14-42/h8,10,15-16,20,27-28,31,33-35,44-45H,5-7,9,11-14,17-19,21-22H2,1-4H3/t27-,28-,31-,33+,34-,35+,36-,37-,38+/m0/s1. The molecule has 0 unspecified atom stereocenters. The van der Waals surface area contributed by atoms with Gasteiger partial charge in [0.15, 0.2) is 17.7 Å². The Morgan fingerprint density at radius 2 is 1.98 bits per heavy atom. The summed E-state index contributed by atoms with van der Waals surface area (Å²) >= 11 is 0. The molecule has 1 aromatic heterocycles. The number of nitrogens with zero attached hydrogens (tertiary/aromatic N) is 4. The largest absolute Gasteiger partial charge is 0.393 e. The second kappa shape index (κ2) is 11.8. The third kappa shape index (κ3) is 4.69. The number of carbonyl (C=O) groups is 1. The summed E-state index contributed by atoms with van der Waals surface area (Å²) in [6, 6.07) is 5.34. The maximum atomic E-state index is 15.0. The predicted molar refractivity (Wildman–Crippen MR) is 179 cm³/mol. The number of carbonyl (C=O) groups excluding carboxylic acids is 1. The smallest absolute Gasteiger partial charge is 0.193 e. The van der Waals surface area contributed by atoms with Gasteiger partial charge in [0.2, 0.25) is 0 Å². The van der Waals surface area contributed by atoms with E-state index < -0.39 is 36.1 Å². The number of hydrogen-bond acceptors (Lipinski definition) is 8. The number of halogens is 1. The van der Waals surface area contributed by atoms with E-state index in [0.717, 1.165) is 68.8 Å². The Morgan fingerprint density at radius 3 is 2.73 bits per heavy atom. The van der Waals surface area contributed by atoms with Crippen molar-refractivity contribution < 1.29 is 28.9 Å². The Morgan fingerprint density at radius 1 is 1.19 bits per heavy atom. The number of hydrogen-bond donors (Lipinski definition) is 2. The molecule has 2 aromatic rings. The highest BCUT2D eigenvalue weighted by Crippen LogP contribution is 2.70. The van der Waals surface area contributed by atoms with Crippen molar-refractivity contribution in [3.05, 3.63) is 52.6 Å². The minimum atomic E-state index is -1.23. The minimum absolute atomic E-state index is 0.0135. The molecule has 260 valence electrons. The number of benzene rings is 1. The third-order valence-electron chi connectivity index (χ3n) is 13.6. The van der Waals surface area contributed by atoms with Gasteiger partial charge >= 0.3 is 0 Å². The van der Waals surface area contributed by atoms with Gasteiger partial charge in [0.05, 0.1) is 29.8 Å². The highest BCUT2D eigenvalue weighted by atomic mass is 19.1. The number of Topliss-reactive ketones (excluding diaryl/α,β-unsaturated/α-hetero) is 1. The molecule has 5 fully saturated rings. The van der Waals surface area contributed by atoms with Crippen molar-refractivity contribution in [2.75, 3.05) is 39.8 Å². The highest BCUT2D eigenvalue weighted by molar-refractivity contribution is 5.91. The van der Waals surface area contributed by atoms with Crippen LogP contribution in [0, 0.1) is 34.4 Å². The van der Waals surface area contributed by atoms with Gasteiger partial charge in [-0.15, -0.1) is 0 Å². The van der Waals surface area contributed by atoms with Crippen LogP contribution in [0.1, 0.15) is 76.1 Å². The summed E-state index contributed by atoms with van der Waals surface area (Å²) in [5.74, 6) is -0.158. The van der Waals surface area contributed by atoms with Crippen molar-refractivity contribution >= 4 is 11.9 Å². The number of ketones is 1. The van der Waals surface area contributed by atoms with Crippen molar-refractivity contribution in [3.63, 3.8) is 0 Å². The van der Waals surface area contributed by atoms with Crippen molar-refractivity contribution in [2.45, 2.75) is 96.4 Å². The van der Waals surface area contributed by atoms with E-state index in [0.29, 0.717) is 31.4 Å². The lowest BCUT2D eigenvalue weighted by Gasteiger charge is -2.60. The lowest BCUT2D eigenvalue weighted by Crippen LogP contribution is -2.64. The lowest BCUT2D eigenvalue weighted by molar-refractivity contribution is -0.202. The maximum Gasteiger partial charge on any atom is 0.193 e. The topological polar surface area (TPSA) is 100 Å². The van der Waals surface area contributed by atoms with Gasteiger partial charge < -0.3 is 24.6 Å². The highest BCUT2D eigenvalue weighted by Gasteiger charge is 2.75. The summed E-state index contributed by atoms with van der Waals surface area (Å²) in [5, 5.41) is 27.2. The van der Waals surface area contributed by atoms with E-state index in [2.05, 4.69) is 43.7 Å². The molecule has 0 spiro atoms. The molecule has 10 heteroatoms. The second-order valence-electron chi connectivity index (χ2n) is 16.1. The van der Waals surface area contributed by atoms with E-state index in [-0.39, 0.29) is 34.8 Å². The first-order chi connectivity index (χ1) is 23.0. The summed E-state index contributed by atoms with van der Waals surface area (Å²) in [4.78, 5) is 18.2. The van der Waals surface area contributed by atoms with Crippen LogP contribution in [0.25, 0.3) is 11.8 Å². The van der Waals surface area contributed by atoms with Crippen molar-refractivity contribution in [2.24, 2.45) is 28.6 Å². The molecule has 8 rings (SSSR count). The molecule has 2 aliphatic heterocycles. The fraction of sp³-hybridized carbons (Fsp3) is 0.684. The first kappa shape index (κ1) is 32.7. The van der Waals surface area contributed by atoms with Gasteiger partial charge in [0.25, 0.3) is 0 Å². The van der Waals surface area contributed by atoms with Crippen LogP contribution in [-0.4, -0.2) is 99.5 Å². The van der Waals surface area contributed by atoms with Crippen LogP contribution >= 0.6 is 0 Å². The first-order valence-corrected chi connectivity index (χ1v) is 18.2. The average molecular weight is 663 g/mol. The number of aromatic nitrogens is 2. The number of ether oxygens (including phenoxy) is 2. The SMILES string of the molecule is CCC[C@H]1O[C@@H]2C[C@H]3[C@@H]4CCC5=Cc6c(cnn6-c6ccc(F)c(CN7CCN(C)CC7)c6)C[C@]5(C)[C@H]4[C@@H](O)C[C@]3(C)[C@]2(C(=O)CO)O1. The number of likely N-dealkylation sites (N-methyl/N-ethyl adjacent to an activating group) is 1. The molecule has 6 aliphatic rings. The molecule has 2 N–H and O–H groups in total. The molecule has 0 radical (unpaired) electrons. The monoisotopic (exact) mass is 662 g/mol. The number of fused-ring (bicyclic) bond motifs is 8. The Labute approximate surface area is 283 Å². The van der Waals surface area contributed by atoms with Gasteiger partial charge in [0.1, 0.15) is 12.4 Å². The normalized spacial score (nSPS) is 39.3. The Bertz CT molecular complexity index is 1620. The zero-order chi connectivity index (χ0) is 33.6. The quantitative estimate of drug-likeness (QED) is 0.452. The number of rotatable bonds is 7. The fourth-order valence-electron chi connectivity index (χ4n) is 11.2. The zero-order valence-corrected chi connectivity index (χ0v) is 28.8. The summed E-state index contributed by atoms with van der Waals surface area (Å²) in [6.07, 6.45) is 8.01. The van der Waals surface area contributed by atoms with Crippen LogP contribution in [0.4, 0.5) is 4.39 Å². The van der Waals surface area contributed by atoms with Gasteiger partial charge in [0, 0.05) is 43.7 Å². The van der Waals surface area contributed by atoms with Crippen molar-refractivity contribution in [1.29, 1.82) is 0 Å². The molecular formula is C38H51FN4O5. The summed E-state index contributed by atoms with van der Waals surface area (Å²) in [7, 11) is 2.12. The van der Waals surface area contributed by atoms with E-state index in [1.165, 1.54) is 5.57 Å². The number of piperazine rings is 1. The van der Waals surface area contributed by atoms with Crippen molar-refractivity contribution in [3.8, 4) is 5.69 Å². The van der Waals surface area contributed by atoms with E-state index in [1.807, 2.05) is 23.0 Å². The van der Waals surface area contributed by atoms with Crippen LogP contribution in [0.5, 0.6) is 0 Å². The Kier molecular flexibility index (Phi) is 8.05. The first-order valence-electron chi connectivity index (χ1n) is 18.2. The molecule has 4 aliphatic carbocycles. The average Bonchev–Trinajstić information content (AvgIpc) is 3.70. The molecule has 0 bridgehead atoms.